The zero-order valence-electron chi connectivity index (χ0n) is 9.43. The summed E-state index contributed by atoms with van der Waals surface area (Å²) in [5, 5.41) is 8.49. The van der Waals surface area contributed by atoms with Crippen LogP contribution in [-0.4, -0.2) is 21.3 Å². The lowest BCUT2D eigenvalue weighted by molar-refractivity contribution is 0.111. The summed E-state index contributed by atoms with van der Waals surface area (Å²) in [4.78, 5) is 10.9. The summed E-state index contributed by atoms with van der Waals surface area (Å²) in [6.45, 7) is 2.05. The van der Waals surface area contributed by atoms with Gasteiger partial charge in [-0.3, -0.25) is 4.79 Å². The zero-order chi connectivity index (χ0) is 12.3. The molecule has 1 heterocycles. The molecule has 2 rings (SSSR count). The van der Waals surface area contributed by atoms with Crippen molar-refractivity contribution in [2.24, 2.45) is 0 Å². The molecule has 1 aromatic heterocycles. The van der Waals surface area contributed by atoms with Gasteiger partial charge < -0.3 is 0 Å². The second-order valence-electron chi connectivity index (χ2n) is 3.68. The van der Waals surface area contributed by atoms with Gasteiger partial charge in [0.15, 0.2) is 6.29 Å². The SMILES string of the molecule is CCCc1c(C=O)nnn1-c1cccc(Cl)c1. The first-order valence-electron chi connectivity index (χ1n) is 5.42. The molecule has 0 radical (unpaired) electrons. The highest BCUT2D eigenvalue weighted by Crippen LogP contribution is 2.17. The summed E-state index contributed by atoms with van der Waals surface area (Å²) in [7, 11) is 0. The topological polar surface area (TPSA) is 47.8 Å². The van der Waals surface area contributed by atoms with Crippen LogP contribution in [0, 0.1) is 0 Å². The molecule has 0 spiro atoms. The maximum absolute atomic E-state index is 10.9. The Kier molecular flexibility index (Phi) is 3.54. The third-order valence-corrected chi connectivity index (χ3v) is 2.68. The average molecular weight is 250 g/mol. The van der Waals surface area contributed by atoms with Crippen LogP contribution in [0.25, 0.3) is 5.69 Å². The molecule has 0 atom stereocenters. The molecule has 0 unspecified atom stereocenters. The third-order valence-electron chi connectivity index (χ3n) is 2.44. The van der Waals surface area contributed by atoms with Crippen LogP contribution in [-0.2, 0) is 6.42 Å². The molecule has 0 fully saturated rings. The Morgan fingerprint density at radius 1 is 1.47 bits per heavy atom. The minimum absolute atomic E-state index is 0.395. The van der Waals surface area contributed by atoms with Crippen molar-refractivity contribution in [1.29, 1.82) is 0 Å². The molecule has 4 nitrogen and oxygen atoms in total. The predicted molar refractivity (Wildman–Crippen MR) is 65.8 cm³/mol. The zero-order valence-corrected chi connectivity index (χ0v) is 10.2. The van der Waals surface area contributed by atoms with E-state index in [-0.39, 0.29) is 0 Å². The monoisotopic (exact) mass is 249 g/mol. The molecule has 17 heavy (non-hydrogen) atoms. The van der Waals surface area contributed by atoms with Crippen LogP contribution in [0.4, 0.5) is 0 Å². The predicted octanol–water partition coefficient (Wildman–Crippen LogP) is 2.69. The second-order valence-corrected chi connectivity index (χ2v) is 4.12. The maximum Gasteiger partial charge on any atom is 0.172 e. The molecule has 1 aromatic carbocycles. The highest BCUT2D eigenvalue weighted by molar-refractivity contribution is 6.30. The Balaban J connectivity index is 2.51. The van der Waals surface area contributed by atoms with Crippen LogP contribution in [0.15, 0.2) is 24.3 Å². The van der Waals surface area contributed by atoms with Gasteiger partial charge in [-0.15, -0.1) is 5.10 Å². The molecular weight excluding hydrogens is 238 g/mol. The van der Waals surface area contributed by atoms with Crippen molar-refractivity contribution in [2.45, 2.75) is 19.8 Å². The Bertz CT molecular complexity index is 536. The van der Waals surface area contributed by atoms with Crippen LogP contribution < -0.4 is 0 Å². The van der Waals surface area contributed by atoms with E-state index in [0.717, 1.165) is 30.5 Å². The van der Waals surface area contributed by atoms with Crippen molar-refractivity contribution in [3.8, 4) is 5.69 Å². The van der Waals surface area contributed by atoms with Gasteiger partial charge in [-0.25, -0.2) is 4.68 Å². The number of aromatic nitrogens is 3. The minimum Gasteiger partial charge on any atom is -0.296 e. The molecule has 0 saturated heterocycles. The van der Waals surface area contributed by atoms with E-state index in [9.17, 15) is 4.79 Å². The van der Waals surface area contributed by atoms with Crippen LogP contribution >= 0.6 is 11.6 Å². The van der Waals surface area contributed by atoms with Crippen LogP contribution in [0.1, 0.15) is 29.5 Å². The number of rotatable bonds is 4. The number of nitrogens with zero attached hydrogens (tertiary/aromatic N) is 3. The molecule has 0 saturated carbocycles. The van der Waals surface area contributed by atoms with Crippen LogP contribution in [0.2, 0.25) is 5.02 Å². The first kappa shape index (κ1) is 11.8. The van der Waals surface area contributed by atoms with E-state index >= 15 is 0 Å². The van der Waals surface area contributed by atoms with Gasteiger partial charge in [0.1, 0.15) is 5.69 Å². The van der Waals surface area contributed by atoms with Crippen molar-refractivity contribution in [3.05, 3.63) is 40.7 Å². The van der Waals surface area contributed by atoms with Crippen molar-refractivity contribution < 1.29 is 4.79 Å². The van der Waals surface area contributed by atoms with Gasteiger partial charge in [-0.05, 0) is 24.6 Å². The lowest BCUT2D eigenvalue weighted by Gasteiger charge is -2.05. The minimum atomic E-state index is 0.395. The Morgan fingerprint density at radius 3 is 2.94 bits per heavy atom. The van der Waals surface area contributed by atoms with Crippen molar-refractivity contribution >= 4 is 17.9 Å². The lowest BCUT2D eigenvalue weighted by atomic mass is 10.2. The Labute approximate surface area is 104 Å². The molecule has 0 aliphatic carbocycles. The van der Waals surface area contributed by atoms with E-state index in [4.69, 9.17) is 11.6 Å². The number of hydrogen-bond donors (Lipinski definition) is 0. The van der Waals surface area contributed by atoms with Gasteiger partial charge in [-0.2, -0.15) is 0 Å². The molecule has 2 aromatic rings. The Hall–Kier alpha value is -1.68. The number of carbonyl (C=O) groups excluding carboxylic acids is 1. The van der Waals surface area contributed by atoms with Crippen LogP contribution in [0.5, 0.6) is 0 Å². The molecular formula is C12H12ClN3O. The fourth-order valence-corrected chi connectivity index (χ4v) is 1.88. The fourth-order valence-electron chi connectivity index (χ4n) is 1.69. The van der Waals surface area contributed by atoms with Gasteiger partial charge in [-0.1, -0.05) is 36.2 Å². The van der Waals surface area contributed by atoms with Crippen LogP contribution in [0.3, 0.4) is 0 Å². The smallest absolute Gasteiger partial charge is 0.172 e. The number of hydrogen-bond acceptors (Lipinski definition) is 3. The maximum atomic E-state index is 10.9. The summed E-state index contributed by atoms with van der Waals surface area (Å²) in [5.74, 6) is 0. The number of benzene rings is 1. The molecule has 0 aliphatic heterocycles. The first-order chi connectivity index (χ1) is 8.26. The van der Waals surface area contributed by atoms with Gasteiger partial charge in [0, 0.05) is 5.02 Å². The van der Waals surface area contributed by atoms with Gasteiger partial charge in [0.2, 0.25) is 0 Å². The highest BCUT2D eigenvalue weighted by Gasteiger charge is 2.12. The van der Waals surface area contributed by atoms with Gasteiger partial charge in [0.25, 0.3) is 0 Å². The fraction of sp³-hybridized carbons (Fsp3) is 0.250. The lowest BCUT2D eigenvalue weighted by Crippen LogP contribution is -2.03. The normalized spacial score (nSPS) is 10.5. The molecule has 0 amide bonds. The van der Waals surface area contributed by atoms with E-state index in [1.807, 2.05) is 19.1 Å². The number of halogens is 1. The van der Waals surface area contributed by atoms with E-state index in [1.165, 1.54) is 0 Å². The summed E-state index contributed by atoms with van der Waals surface area (Å²) in [5.41, 5.74) is 2.04. The van der Waals surface area contributed by atoms with E-state index in [2.05, 4.69) is 10.3 Å². The summed E-state index contributed by atoms with van der Waals surface area (Å²) in [6.07, 6.45) is 2.42. The van der Waals surface area contributed by atoms with Gasteiger partial charge >= 0.3 is 0 Å². The van der Waals surface area contributed by atoms with Crippen molar-refractivity contribution in [1.82, 2.24) is 15.0 Å². The summed E-state index contributed by atoms with van der Waals surface area (Å²) >= 11 is 5.93. The standard InChI is InChI=1S/C12H12ClN3O/c1-2-4-12-11(8-17)14-15-16(12)10-6-3-5-9(13)7-10/h3,5-8H,2,4H2,1H3. The van der Waals surface area contributed by atoms with E-state index in [1.54, 1.807) is 16.8 Å². The summed E-state index contributed by atoms with van der Waals surface area (Å²) < 4.78 is 1.67. The Morgan fingerprint density at radius 2 is 2.29 bits per heavy atom. The largest absolute Gasteiger partial charge is 0.296 e. The number of carbonyl (C=O) groups is 1. The number of aldehydes is 1. The van der Waals surface area contributed by atoms with Crippen molar-refractivity contribution in [3.63, 3.8) is 0 Å². The highest BCUT2D eigenvalue weighted by atomic mass is 35.5. The van der Waals surface area contributed by atoms with Crippen molar-refractivity contribution in [2.75, 3.05) is 0 Å². The molecule has 88 valence electrons. The third kappa shape index (κ3) is 2.36. The molecule has 5 heteroatoms. The quantitative estimate of drug-likeness (QED) is 0.783. The second kappa shape index (κ2) is 5.10. The first-order valence-corrected chi connectivity index (χ1v) is 5.79. The van der Waals surface area contributed by atoms with E-state index in [0.29, 0.717) is 10.7 Å². The van der Waals surface area contributed by atoms with E-state index < -0.39 is 0 Å². The van der Waals surface area contributed by atoms with Gasteiger partial charge in [0.05, 0.1) is 11.4 Å². The summed E-state index contributed by atoms with van der Waals surface area (Å²) in [6, 6.07) is 7.32. The average Bonchev–Trinajstić information content (AvgIpc) is 2.72. The molecule has 0 N–H and O–H groups in total. The molecule has 0 bridgehead atoms. The molecule has 0 aliphatic rings.